The van der Waals surface area contributed by atoms with Gasteiger partial charge in [-0.1, -0.05) is 48.0 Å². The second kappa shape index (κ2) is 8.51. The molecule has 4 aromatic rings. The van der Waals surface area contributed by atoms with Crippen LogP contribution in [0.15, 0.2) is 53.9 Å². The van der Waals surface area contributed by atoms with Crippen LogP contribution in [0, 0.1) is 6.92 Å². The summed E-state index contributed by atoms with van der Waals surface area (Å²) in [5.74, 6) is -0.908. The van der Waals surface area contributed by atoms with E-state index in [1.54, 1.807) is 0 Å². The predicted octanol–water partition coefficient (Wildman–Crippen LogP) is 4.95. The molecule has 7 heteroatoms. The van der Waals surface area contributed by atoms with E-state index in [4.69, 9.17) is 4.74 Å². The van der Waals surface area contributed by atoms with Gasteiger partial charge in [0.25, 0.3) is 5.91 Å². The highest BCUT2D eigenvalue weighted by Crippen LogP contribution is 2.30. The van der Waals surface area contributed by atoms with Crippen molar-refractivity contribution in [3.63, 3.8) is 0 Å². The summed E-state index contributed by atoms with van der Waals surface area (Å²) in [4.78, 5) is 34.5. The van der Waals surface area contributed by atoms with Crippen molar-refractivity contribution in [3.8, 4) is 11.3 Å². The number of para-hydroxylation sites is 1. The maximum atomic E-state index is 12.9. The molecule has 0 unspecified atom stereocenters. The largest absolute Gasteiger partial charge is 0.452 e. The smallest absolute Gasteiger partial charge is 0.339 e. The molecule has 0 atom stereocenters. The molecule has 1 amide bonds. The van der Waals surface area contributed by atoms with Crippen LogP contribution in [0.3, 0.4) is 0 Å². The fourth-order valence-electron chi connectivity index (χ4n) is 3.99. The molecule has 2 heterocycles. The number of aryl methyl sites for hydroxylation is 2. The Morgan fingerprint density at radius 3 is 2.72 bits per heavy atom. The molecule has 5 rings (SSSR count). The molecule has 0 spiro atoms. The highest BCUT2D eigenvalue weighted by molar-refractivity contribution is 7.14. The number of nitrogens with one attached hydrogen (secondary N) is 1. The molecular weight excluding hydrogens is 422 g/mol. The molecule has 2 aromatic carbocycles. The predicted molar refractivity (Wildman–Crippen MR) is 125 cm³/mol. The monoisotopic (exact) mass is 443 g/mol. The minimum atomic E-state index is -0.489. The topological polar surface area (TPSA) is 81.2 Å². The Labute approximate surface area is 189 Å². The molecule has 1 aliphatic carbocycles. The van der Waals surface area contributed by atoms with E-state index in [0.717, 1.165) is 52.7 Å². The number of pyridine rings is 1. The third-order valence-electron chi connectivity index (χ3n) is 5.56. The van der Waals surface area contributed by atoms with Gasteiger partial charge in [-0.2, -0.15) is 0 Å². The van der Waals surface area contributed by atoms with Crippen LogP contribution in [0.2, 0.25) is 0 Å². The van der Waals surface area contributed by atoms with Gasteiger partial charge < -0.3 is 4.74 Å². The third-order valence-corrected chi connectivity index (χ3v) is 6.31. The first-order valence-corrected chi connectivity index (χ1v) is 11.4. The van der Waals surface area contributed by atoms with Crippen molar-refractivity contribution in [3.05, 3.63) is 76.3 Å². The van der Waals surface area contributed by atoms with Crippen LogP contribution in [0.4, 0.5) is 5.13 Å². The van der Waals surface area contributed by atoms with E-state index in [1.807, 2.05) is 60.8 Å². The van der Waals surface area contributed by atoms with Crippen LogP contribution in [0.1, 0.15) is 33.6 Å². The normalized spacial score (nSPS) is 12.5. The Morgan fingerprint density at radius 2 is 1.88 bits per heavy atom. The van der Waals surface area contributed by atoms with Crippen molar-refractivity contribution < 1.29 is 14.3 Å². The van der Waals surface area contributed by atoms with E-state index in [1.165, 1.54) is 16.9 Å². The number of benzene rings is 2. The van der Waals surface area contributed by atoms with Crippen LogP contribution < -0.4 is 5.32 Å². The van der Waals surface area contributed by atoms with Crippen molar-refractivity contribution in [1.29, 1.82) is 0 Å². The van der Waals surface area contributed by atoms with Crippen molar-refractivity contribution in [2.24, 2.45) is 0 Å². The average Bonchev–Trinajstić information content (AvgIpc) is 3.45. The van der Waals surface area contributed by atoms with Gasteiger partial charge in [0, 0.05) is 22.0 Å². The summed E-state index contributed by atoms with van der Waals surface area (Å²) in [6, 6.07) is 15.6. The molecule has 0 saturated carbocycles. The molecule has 0 saturated heterocycles. The molecule has 0 fully saturated rings. The number of thiazole rings is 1. The fourth-order valence-corrected chi connectivity index (χ4v) is 4.73. The van der Waals surface area contributed by atoms with Gasteiger partial charge >= 0.3 is 5.97 Å². The van der Waals surface area contributed by atoms with Crippen molar-refractivity contribution >= 4 is 39.2 Å². The van der Waals surface area contributed by atoms with Crippen LogP contribution in [0.5, 0.6) is 0 Å². The van der Waals surface area contributed by atoms with Crippen LogP contribution in [-0.2, 0) is 22.4 Å². The Balaban J connectivity index is 1.27. The number of hydrogen-bond acceptors (Lipinski definition) is 6. The van der Waals surface area contributed by atoms with E-state index < -0.39 is 11.9 Å². The fraction of sp³-hybridized carbons (Fsp3) is 0.200. The van der Waals surface area contributed by atoms with Gasteiger partial charge in [0.05, 0.1) is 16.8 Å². The number of hydrogen-bond donors (Lipinski definition) is 1. The SMILES string of the molecule is Cc1ccc(-c2csc(NC(=O)COC(=O)c3c4c(nc5ccccc35)CCC4)n2)cc1. The lowest BCUT2D eigenvalue weighted by molar-refractivity contribution is -0.119. The third kappa shape index (κ3) is 3.99. The van der Waals surface area contributed by atoms with E-state index >= 15 is 0 Å². The number of nitrogens with zero attached hydrogens (tertiary/aromatic N) is 2. The first kappa shape index (κ1) is 20.3. The van der Waals surface area contributed by atoms with Crippen LogP contribution in [-0.4, -0.2) is 28.5 Å². The number of esters is 1. The summed E-state index contributed by atoms with van der Waals surface area (Å²) in [5, 5.41) is 5.84. The molecule has 0 bridgehead atoms. The minimum absolute atomic E-state index is 0.371. The molecule has 32 heavy (non-hydrogen) atoms. The molecule has 0 radical (unpaired) electrons. The average molecular weight is 444 g/mol. The highest BCUT2D eigenvalue weighted by Gasteiger charge is 2.25. The summed E-state index contributed by atoms with van der Waals surface area (Å²) in [5.41, 5.74) is 6.15. The summed E-state index contributed by atoms with van der Waals surface area (Å²) in [6.07, 6.45) is 2.62. The minimum Gasteiger partial charge on any atom is -0.452 e. The Morgan fingerprint density at radius 1 is 1.06 bits per heavy atom. The number of fused-ring (bicyclic) bond motifs is 2. The second-order valence-electron chi connectivity index (χ2n) is 7.81. The summed E-state index contributed by atoms with van der Waals surface area (Å²) < 4.78 is 5.40. The molecular formula is C25H21N3O3S. The Bertz CT molecular complexity index is 1330. The van der Waals surface area contributed by atoms with E-state index in [2.05, 4.69) is 15.3 Å². The van der Waals surface area contributed by atoms with Crippen LogP contribution >= 0.6 is 11.3 Å². The number of ether oxygens (including phenoxy) is 1. The van der Waals surface area contributed by atoms with Gasteiger partial charge in [-0.3, -0.25) is 15.1 Å². The van der Waals surface area contributed by atoms with E-state index in [9.17, 15) is 9.59 Å². The lowest BCUT2D eigenvalue weighted by atomic mass is 10.0. The number of carbonyl (C=O) groups is 2. The first-order valence-electron chi connectivity index (χ1n) is 10.5. The highest BCUT2D eigenvalue weighted by atomic mass is 32.1. The summed E-state index contributed by atoms with van der Waals surface area (Å²) >= 11 is 1.33. The van der Waals surface area contributed by atoms with Gasteiger partial charge in [-0.15, -0.1) is 11.3 Å². The van der Waals surface area contributed by atoms with Crippen LogP contribution in [0.25, 0.3) is 22.2 Å². The lowest BCUT2D eigenvalue weighted by Crippen LogP contribution is -2.21. The number of anilines is 1. The van der Waals surface area contributed by atoms with E-state index in [0.29, 0.717) is 10.7 Å². The van der Waals surface area contributed by atoms with Crippen molar-refractivity contribution in [2.75, 3.05) is 11.9 Å². The number of rotatable bonds is 5. The molecule has 1 N–H and O–H groups in total. The maximum Gasteiger partial charge on any atom is 0.339 e. The molecule has 0 aliphatic heterocycles. The Kier molecular flexibility index (Phi) is 5.41. The lowest BCUT2D eigenvalue weighted by Gasteiger charge is -2.12. The number of aromatic nitrogens is 2. The van der Waals surface area contributed by atoms with Gasteiger partial charge in [-0.05, 0) is 37.8 Å². The zero-order valence-electron chi connectivity index (χ0n) is 17.6. The zero-order chi connectivity index (χ0) is 22.1. The molecule has 6 nitrogen and oxygen atoms in total. The first-order chi connectivity index (χ1) is 15.6. The zero-order valence-corrected chi connectivity index (χ0v) is 18.4. The maximum absolute atomic E-state index is 12.9. The van der Waals surface area contributed by atoms with Crippen molar-refractivity contribution in [1.82, 2.24) is 9.97 Å². The quantitative estimate of drug-likeness (QED) is 0.441. The summed E-state index contributed by atoms with van der Waals surface area (Å²) in [7, 11) is 0. The second-order valence-corrected chi connectivity index (χ2v) is 8.67. The standard InChI is InChI=1S/C25H21N3O3S/c1-15-9-11-16(12-10-15)21-14-32-25(27-21)28-22(29)13-31-24(30)23-17-5-2-3-7-19(17)26-20-8-4-6-18(20)23/h2-3,5,7,9-12,14H,4,6,8,13H2,1H3,(H,27,28,29). The number of carbonyl (C=O) groups excluding carboxylic acids is 2. The molecule has 160 valence electrons. The van der Waals surface area contributed by atoms with Gasteiger partial charge in [-0.25, -0.2) is 9.78 Å². The number of amides is 1. The van der Waals surface area contributed by atoms with Crippen molar-refractivity contribution in [2.45, 2.75) is 26.2 Å². The van der Waals surface area contributed by atoms with Gasteiger partial charge in [0.2, 0.25) is 0 Å². The summed E-state index contributed by atoms with van der Waals surface area (Å²) in [6.45, 7) is 1.66. The Hall–Kier alpha value is -3.58. The molecule has 2 aromatic heterocycles. The van der Waals surface area contributed by atoms with E-state index in [-0.39, 0.29) is 6.61 Å². The van der Waals surface area contributed by atoms with Gasteiger partial charge in [0.1, 0.15) is 0 Å². The molecule has 1 aliphatic rings. The van der Waals surface area contributed by atoms with Gasteiger partial charge in [0.15, 0.2) is 11.7 Å².